The van der Waals surface area contributed by atoms with Crippen molar-refractivity contribution in [3.63, 3.8) is 0 Å². The van der Waals surface area contributed by atoms with Gasteiger partial charge in [-0.3, -0.25) is 4.79 Å². The summed E-state index contributed by atoms with van der Waals surface area (Å²) in [5.74, 6) is 1.96. The van der Waals surface area contributed by atoms with Gasteiger partial charge in [0.1, 0.15) is 5.82 Å². The molecule has 0 N–H and O–H groups in total. The Hall–Kier alpha value is -2.80. The van der Waals surface area contributed by atoms with Crippen LogP contribution in [0.15, 0.2) is 70.4 Å². The standard InChI is InChI=1S/C23H26N4O2S/c1-25-23(29)27(19-8-4-2-5-9-19)22(24-25)18-12-15-26(16-13-18)21(28)14-17-30-20-10-6-3-7-11-20/h2-11,18H,12-17H2,1H3. The zero-order valence-corrected chi connectivity index (χ0v) is 17.9. The number of carbonyl (C=O) groups excluding carboxylic acids is 1. The Labute approximate surface area is 180 Å². The molecule has 0 spiro atoms. The smallest absolute Gasteiger partial charge is 0.343 e. The van der Waals surface area contributed by atoms with Gasteiger partial charge in [-0.05, 0) is 37.1 Å². The molecule has 0 bridgehead atoms. The Balaban J connectivity index is 1.36. The highest BCUT2D eigenvalue weighted by Gasteiger charge is 2.28. The van der Waals surface area contributed by atoms with Crippen molar-refractivity contribution >= 4 is 17.7 Å². The summed E-state index contributed by atoms with van der Waals surface area (Å²) in [6.07, 6.45) is 2.18. The topological polar surface area (TPSA) is 60.1 Å². The third-order valence-corrected chi connectivity index (χ3v) is 6.52. The summed E-state index contributed by atoms with van der Waals surface area (Å²) in [4.78, 5) is 28.4. The number of thioether (sulfide) groups is 1. The molecule has 0 aliphatic carbocycles. The van der Waals surface area contributed by atoms with E-state index in [9.17, 15) is 9.59 Å². The molecule has 0 unspecified atom stereocenters. The predicted molar refractivity (Wildman–Crippen MR) is 119 cm³/mol. The largest absolute Gasteiger partial charge is 0.350 e. The molecule has 0 atom stereocenters. The van der Waals surface area contributed by atoms with Gasteiger partial charge in [0.15, 0.2) is 0 Å². The second-order valence-corrected chi connectivity index (χ2v) is 8.67. The zero-order chi connectivity index (χ0) is 20.9. The van der Waals surface area contributed by atoms with Crippen molar-refractivity contribution in [3.05, 3.63) is 77.0 Å². The van der Waals surface area contributed by atoms with Gasteiger partial charge in [0.25, 0.3) is 0 Å². The van der Waals surface area contributed by atoms with E-state index < -0.39 is 0 Å². The third-order valence-electron chi connectivity index (χ3n) is 5.50. The molecule has 0 saturated carbocycles. The van der Waals surface area contributed by atoms with Crippen molar-refractivity contribution in [1.29, 1.82) is 0 Å². The van der Waals surface area contributed by atoms with Crippen LogP contribution in [0.4, 0.5) is 0 Å². The highest BCUT2D eigenvalue weighted by molar-refractivity contribution is 7.99. The first-order valence-electron chi connectivity index (χ1n) is 10.3. The highest BCUT2D eigenvalue weighted by Crippen LogP contribution is 2.28. The van der Waals surface area contributed by atoms with Gasteiger partial charge in [0.05, 0.1) is 5.69 Å². The fraction of sp³-hybridized carbons (Fsp3) is 0.348. The van der Waals surface area contributed by atoms with Gasteiger partial charge < -0.3 is 4.90 Å². The molecule has 30 heavy (non-hydrogen) atoms. The third kappa shape index (κ3) is 4.51. The Bertz CT molecular complexity index is 1040. The fourth-order valence-electron chi connectivity index (χ4n) is 3.89. The lowest BCUT2D eigenvalue weighted by molar-refractivity contribution is -0.131. The van der Waals surface area contributed by atoms with Crippen molar-refractivity contribution in [2.45, 2.75) is 30.1 Å². The van der Waals surface area contributed by atoms with Crippen LogP contribution in [0.25, 0.3) is 5.69 Å². The van der Waals surface area contributed by atoms with E-state index in [4.69, 9.17) is 0 Å². The molecular formula is C23H26N4O2S. The number of hydrogen-bond acceptors (Lipinski definition) is 4. The molecule has 6 nitrogen and oxygen atoms in total. The quantitative estimate of drug-likeness (QED) is 0.571. The van der Waals surface area contributed by atoms with E-state index in [1.54, 1.807) is 23.4 Å². The van der Waals surface area contributed by atoms with Crippen molar-refractivity contribution in [2.24, 2.45) is 7.05 Å². The summed E-state index contributed by atoms with van der Waals surface area (Å²) in [6.45, 7) is 1.41. The number of carbonyl (C=O) groups is 1. The Kier molecular flexibility index (Phi) is 6.38. The lowest BCUT2D eigenvalue weighted by Gasteiger charge is -2.31. The fourth-order valence-corrected chi connectivity index (χ4v) is 4.75. The van der Waals surface area contributed by atoms with Crippen LogP contribution in [0.3, 0.4) is 0 Å². The number of likely N-dealkylation sites (tertiary alicyclic amines) is 1. The lowest BCUT2D eigenvalue weighted by Crippen LogP contribution is -2.38. The van der Waals surface area contributed by atoms with E-state index in [0.717, 1.165) is 30.1 Å². The molecule has 4 rings (SSSR count). The molecule has 1 saturated heterocycles. The maximum absolute atomic E-state index is 12.6. The van der Waals surface area contributed by atoms with Crippen LogP contribution in [0.1, 0.15) is 31.0 Å². The first-order valence-corrected chi connectivity index (χ1v) is 11.3. The summed E-state index contributed by atoms with van der Waals surface area (Å²) in [5.41, 5.74) is 0.703. The normalized spacial score (nSPS) is 14.8. The molecule has 2 heterocycles. The van der Waals surface area contributed by atoms with E-state index in [1.165, 1.54) is 9.58 Å². The minimum atomic E-state index is -0.132. The Morgan fingerprint density at radius 1 is 1.03 bits per heavy atom. The molecule has 2 aromatic carbocycles. The monoisotopic (exact) mass is 422 g/mol. The molecule has 0 radical (unpaired) electrons. The van der Waals surface area contributed by atoms with Crippen LogP contribution >= 0.6 is 11.8 Å². The number of para-hydroxylation sites is 1. The second kappa shape index (κ2) is 9.34. The first kappa shape index (κ1) is 20.5. The lowest BCUT2D eigenvalue weighted by atomic mass is 9.95. The molecule has 1 aliphatic rings. The molecule has 1 aliphatic heterocycles. The van der Waals surface area contributed by atoms with Crippen LogP contribution in [-0.2, 0) is 11.8 Å². The number of piperidine rings is 1. The minimum Gasteiger partial charge on any atom is -0.343 e. The van der Waals surface area contributed by atoms with Crippen LogP contribution in [0, 0.1) is 0 Å². The SMILES string of the molecule is Cn1nc(C2CCN(C(=O)CCSc3ccccc3)CC2)n(-c2ccccc2)c1=O. The van der Waals surface area contributed by atoms with E-state index in [1.807, 2.05) is 53.4 Å². The molecule has 7 heteroatoms. The predicted octanol–water partition coefficient (Wildman–Crippen LogP) is 3.46. The van der Waals surface area contributed by atoms with E-state index in [2.05, 4.69) is 17.2 Å². The zero-order valence-electron chi connectivity index (χ0n) is 17.1. The number of aromatic nitrogens is 3. The summed E-state index contributed by atoms with van der Waals surface area (Å²) in [7, 11) is 1.69. The van der Waals surface area contributed by atoms with Crippen molar-refractivity contribution in [3.8, 4) is 5.69 Å². The van der Waals surface area contributed by atoms with Gasteiger partial charge in [0.2, 0.25) is 5.91 Å². The Morgan fingerprint density at radius 3 is 2.33 bits per heavy atom. The number of rotatable bonds is 6. The van der Waals surface area contributed by atoms with Gasteiger partial charge in [-0.25, -0.2) is 14.0 Å². The molecule has 1 fully saturated rings. The van der Waals surface area contributed by atoms with Gasteiger partial charge in [-0.2, -0.15) is 5.10 Å². The van der Waals surface area contributed by atoms with E-state index in [0.29, 0.717) is 19.5 Å². The number of amides is 1. The average Bonchev–Trinajstić information content (AvgIpc) is 3.09. The van der Waals surface area contributed by atoms with Gasteiger partial charge in [0, 0.05) is 43.1 Å². The number of benzene rings is 2. The second-order valence-electron chi connectivity index (χ2n) is 7.50. The number of nitrogens with zero attached hydrogens (tertiary/aromatic N) is 4. The minimum absolute atomic E-state index is 0.132. The summed E-state index contributed by atoms with van der Waals surface area (Å²) in [5, 5.41) is 4.52. The van der Waals surface area contributed by atoms with E-state index in [-0.39, 0.29) is 17.5 Å². The van der Waals surface area contributed by atoms with Crippen molar-refractivity contribution in [2.75, 3.05) is 18.8 Å². The van der Waals surface area contributed by atoms with Crippen LogP contribution < -0.4 is 5.69 Å². The van der Waals surface area contributed by atoms with Crippen molar-refractivity contribution in [1.82, 2.24) is 19.2 Å². The molecule has 1 aromatic heterocycles. The van der Waals surface area contributed by atoms with Gasteiger partial charge in [-0.1, -0.05) is 36.4 Å². The number of aryl methyl sites for hydroxylation is 1. The van der Waals surface area contributed by atoms with Crippen LogP contribution in [-0.4, -0.2) is 44.0 Å². The maximum Gasteiger partial charge on any atom is 0.350 e. The molecule has 1 amide bonds. The van der Waals surface area contributed by atoms with E-state index >= 15 is 0 Å². The summed E-state index contributed by atoms with van der Waals surface area (Å²) >= 11 is 1.72. The van der Waals surface area contributed by atoms with Crippen molar-refractivity contribution < 1.29 is 4.79 Å². The van der Waals surface area contributed by atoms with Gasteiger partial charge >= 0.3 is 5.69 Å². The van der Waals surface area contributed by atoms with Crippen LogP contribution in [0.2, 0.25) is 0 Å². The van der Waals surface area contributed by atoms with Gasteiger partial charge in [-0.15, -0.1) is 11.8 Å². The highest BCUT2D eigenvalue weighted by atomic mass is 32.2. The molecule has 3 aromatic rings. The maximum atomic E-state index is 12.6. The summed E-state index contributed by atoms with van der Waals surface area (Å²) < 4.78 is 3.11. The molecular weight excluding hydrogens is 396 g/mol. The van der Waals surface area contributed by atoms with Crippen LogP contribution in [0.5, 0.6) is 0 Å². The first-order chi connectivity index (χ1) is 14.6. The Morgan fingerprint density at radius 2 is 1.67 bits per heavy atom. The molecule has 156 valence electrons. The average molecular weight is 423 g/mol. The summed E-state index contributed by atoms with van der Waals surface area (Å²) in [6, 6.07) is 19.8. The number of hydrogen-bond donors (Lipinski definition) is 0.